The van der Waals surface area contributed by atoms with Crippen molar-refractivity contribution in [1.29, 1.82) is 0 Å². The summed E-state index contributed by atoms with van der Waals surface area (Å²) >= 11 is 0. The van der Waals surface area contributed by atoms with Gasteiger partial charge in [-0.25, -0.2) is 0 Å². The molecule has 1 aliphatic carbocycles. The fourth-order valence-electron chi connectivity index (χ4n) is 2.33. The SMILES string of the molecule is CC1(C)CC1c1noc(-c2ccc(C(F)(F)F)cc2N)n1. The third-order valence-electron chi connectivity index (χ3n) is 3.88. The first-order chi connectivity index (χ1) is 9.68. The molecule has 0 amide bonds. The van der Waals surface area contributed by atoms with Gasteiger partial charge in [-0.2, -0.15) is 18.2 Å². The maximum Gasteiger partial charge on any atom is 0.416 e. The van der Waals surface area contributed by atoms with Gasteiger partial charge in [0, 0.05) is 11.6 Å². The molecule has 7 heteroatoms. The van der Waals surface area contributed by atoms with Gasteiger partial charge in [-0.1, -0.05) is 19.0 Å². The first-order valence-corrected chi connectivity index (χ1v) is 6.49. The Bertz CT molecular complexity index is 691. The number of alkyl halides is 3. The van der Waals surface area contributed by atoms with Crippen LogP contribution in [0.1, 0.15) is 37.6 Å². The fourth-order valence-corrected chi connectivity index (χ4v) is 2.33. The molecule has 0 saturated heterocycles. The molecular formula is C14H14F3N3O. The van der Waals surface area contributed by atoms with E-state index in [2.05, 4.69) is 24.0 Å². The number of halogens is 3. The number of anilines is 1. The van der Waals surface area contributed by atoms with E-state index in [1.165, 1.54) is 6.07 Å². The summed E-state index contributed by atoms with van der Waals surface area (Å²) in [6.07, 6.45) is -3.46. The summed E-state index contributed by atoms with van der Waals surface area (Å²) in [5.74, 6) is 0.957. The molecule has 1 unspecified atom stereocenters. The monoisotopic (exact) mass is 297 g/mol. The summed E-state index contributed by atoms with van der Waals surface area (Å²) in [7, 11) is 0. The highest BCUT2D eigenvalue weighted by Gasteiger charge is 2.49. The minimum atomic E-state index is -4.43. The molecule has 0 spiro atoms. The minimum Gasteiger partial charge on any atom is -0.398 e. The van der Waals surface area contributed by atoms with Crippen molar-refractivity contribution in [2.45, 2.75) is 32.4 Å². The van der Waals surface area contributed by atoms with Crippen molar-refractivity contribution in [2.75, 3.05) is 5.73 Å². The van der Waals surface area contributed by atoms with E-state index >= 15 is 0 Å². The van der Waals surface area contributed by atoms with Gasteiger partial charge in [-0.3, -0.25) is 0 Å². The van der Waals surface area contributed by atoms with Gasteiger partial charge < -0.3 is 10.3 Å². The molecule has 0 aliphatic heterocycles. The number of nitrogen functional groups attached to an aromatic ring is 1. The standard InChI is InChI=1S/C14H14F3N3O/c1-13(2)6-9(13)11-19-12(21-20-11)8-4-3-7(5-10(8)18)14(15,16)17/h3-5,9H,6,18H2,1-2H3. The summed E-state index contributed by atoms with van der Waals surface area (Å²) in [5.41, 5.74) is 5.31. The topological polar surface area (TPSA) is 64.9 Å². The summed E-state index contributed by atoms with van der Waals surface area (Å²) < 4.78 is 42.9. The smallest absolute Gasteiger partial charge is 0.398 e. The molecule has 1 fully saturated rings. The van der Waals surface area contributed by atoms with E-state index in [4.69, 9.17) is 10.3 Å². The van der Waals surface area contributed by atoms with E-state index < -0.39 is 11.7 Å². The number of aromatic nitrogens is 2. The number of hydrogen-bond donors (Lipinski definition) is 1. The predicted molar refractivity (Wildman–Crippen MR) is 70.3 cm³/mol. The zero-order valence-corrected chi connectivity index (χ0v) is 11.5. The Morgan fingerprint density at radius 2 is 2.00 bits per heavy atom. The maximum atomic E-state index is 12.6. The minimum absolute atomic E-state index is 0.0323. The van der Waals surface area contributed by atoms with E-state index in [1.54, 1.807) is 0 Å². The molecule has 4 nitrogen and oxygen atoms in total. The van der Waals surface area contributed by atoms with Gasteiger partial charge in [0.2, 0.25) is 0 Å². The van der Waals surface area contributed by atoms with Gasteiger partial charge in [0.05, 0.1) is 11.1 Å². The van der Waals surface area contributed by atoms with E-state index in [0.29, 0.717) is 11.4 Å². The van der Waals surface area contributed by atoms with Crippen molar-refractivity contribution in [3.8, 4) is 11.5 Å². The van der Waals surface area contributed by atoms with Crippen molar-refractivity contribution in [2.24, 2.45) is 5.41 Å². The summed E-state index contributed by atoms with van der Waals surface area (Å²) in [5, 5.41) is 3.90. The number of benzene rings is 1. The van der Waals surface area contributed by atoms with E-state index in [9.17, 15) is 13.2 Å². The maximum absolute atomic E-state index is 12.6. The third kappa shape index (κ3) is 2.48. The molecule has 1 aliphatic rings. The largest absolute Gasteiger partial charge is 0.416 e. The Labute approximate surface area is 119 Å². The predicted octanol–water partition coefficient (Wildman–Crippen LogP) is 3.85. The van der Waals surface area contributed by atoms with Crippen LogP contribution in [-0.2, 0) is 6.18 Å². The van der Waals surface area contributed by atoms with Crippen LogP contribution in [-0.4, -0.2) is 10.1 Å². The molecule has 1 aromatic heterocycles. The molecule has 21 heavy (non-hydrogen) atoms. The Hall–Kier alpha value is -2.05. The van der Waals surface area contributed by atoms with Crippen LogP contribution in [0, 0.1) is 5.41 Å². The molecule has 1 heterocycles. The molecule has 0 radical (unpaired) electrons. The van der Waals surface area contributed by atoms with Gasteiger partial charge in [0.15, 0.2) is 5.82 Å². The Kier molecular flexibility index (Phi) is 2.80. The lowest BCUT2D eigenvalue weighted by molar-refractivity contribution is -0.137. The molecule has 3 rings (SSSR count). The van der Waals surface area contributed by atoms with Crippen molar-refractivity contribution >= 4 is 5.69 Å². The molecule has 2 aromatic rings. The summed E-state index contributed by atoms with van der Waals surface area (Å²) in [6.45, 7) is 4.19. The lowest BCUT2D eigenvalue weighted by Crippen LogP contribution is -2.06. The second-order valence-electron chi connectivity index (χ2n) is 6.00. The number of hydrogen-bond acceptors (Lipinski definition) is 4. The van der Waals surface area contributed by atoms with Gasteiger partial charge in [0.25, 0.3) is 5.89 Å². The van der Waals surface area contributed by atoms with Crippen molar-refractivity contribution in [3.05, 3.63) is 29.6 Å². The average molecular weight is 297 g/mol. The second kappa shape index (κ2) is 4.22. The summed E-state index contributed by atoms with van der Waals surface area (Å²) in [6, 6.07) is 3.09. The third-order valence-corrected chi connectivity index (χ3v) is 3.88. The number of nitrogens with two attached hydrogens (primary N) is 1. The van der Waals surface area contributed by atoms with Crippen molar-refractivity contribution in [1.82, 2.24) is 10.1 Å². The summed E-state index contributed by atoms with van der Waals surface area (Å²) in [4.78, 5) is 4.25. The van der Waals surface area contributed by atoms with Gasteiger partial charge in [0.1, 0.15) is 0 Å². The highest BCUT2D eigenvalue weighted by molar-refractivity contribution is 5.71. The molecular weight excluding hydrogens is 283 g/mol. The van der Waals surface area contributed by atoms with E-state index in [0.717, 1.165) is 18.6 Å². The van der Waals surface area contributed by atoms with Gasteiger partial charge >= 0.3 is 6.18 Å². The first kappa shape index (κ1) is 13.9. The van der Waals surface area contributed by atoms with Crippen LogP contribution < -0.4 is 5.73 Å². The zero-order valence-electron chi connectivity index (χ0n) is 11.5. The van der Waals surface area contributed by atoms with Crippen LogP contribution in [0.2, 0.25) is 0 Å². The lowest BCUT2D eigenvalue weighted by atomic mass is 10.1. The van der Waals surface area contributed by atoms with Gasteiger partial charge in [-0.05, 0) is 30.0 Å². The molecule has 0 bridgehead atoms. The number of nitrogens with zero attached hydrogens (tertiary/aromatic N) is 2. The highest BCUT2D eigenvalue weighted by atomic mass is 19.4. The van der Waals surface area contributed by atoms with Crippen LogP contribution in [0.5, 0.6) is 0 Å². The van der Waals surface area contributed by atoms with Crippen molar-refractivity contribution in [3.63, 3.8) is 0 Å². The van der Waals surface area contributed by atoms with Crippen molar-refractivity contribution < 1.29 is 17.7 Å². The number of rotatable bonds is 2. The fraction of sp³-hybridized carbons (Fsp3) is 0.429. The second-order valence-corrected chi connectivity index (χ2v) is 6.00. The van der Waals surface area contributed by atoms with E-state index in [-0.39, 0.29) is 22.9 Å². The normalized spacial score (nSPS) is 20.5. The first-order valence-electron chi connectivity index (χ1n) is 6.49. The van der Waals surface area contributed by atoms with Crippen LogP contribution >= 0.6 is 0 Å². The quantitative estimate of drug-likeness (QED) is 0.855. The van der Waals surface area contributed by atoms with Crippen LogP contribution in [0.4, 0.5) is 18.9 Å². The Balaban J connectivity index is 1.91. The van der Waals surface area contributed by atoms with Crippen LogP contribution in [0.3, 0.4) is 0 Å². The van der Waals surface area contributed by atoms with Crippen LogP contribution in [0.15, 0.2) is 22.7 Å². The van der Waals surface area contributed by atoms with E-state index in [1.807, 2.05) is 0 Å². The zero-order chi connectivity index (χ0) is 15.4. The van der Waals surface area contributed by atoms with Gasteiger partial charge in [-0.15, -0.1) is 0 Å². The Morgan fingerprint density at radius 1 is 1.33 bits per heavy atom. The molecule has 1 saturated carbocycles. The average Bonchev–Trinajstić information content (AvgIpc) is 2.82. The Morgan fingerprint density at radius 3 is 2.52 bits per heavy atom. The molecule has 2 N–H and O–H groups in total. The molecule has 1 atom stereocenters. The van der Waals surface area contributed by atoms with Crippen LogP contribution in [0.25, 0.3) is 11.5 Å². The molecule has 112 valence electrons. The molecule has 1 aromatic carbocycles. The lowest BCUT2D eigenvalue weighted by Gasteiger charge is -2.08. The highest BCUT2D eigenvalue weighted by Crippen LogP contribution is 2.57.